The van der Waals surface area contributed by atoms with Crippen LogP contribution in [0.25, 0.3) is 0 Å². The molecule has 0 fully saturated rings. The molecule has 98 valence electrons. The van der Waals surface area contributed by atoms with E-state index in [0.717, 1.165) is 11.3 Å². The van der Waals surface area contributed by atoms with Crippen LogP contribution in [0.4, 0.5) is 5.69 Å². The number of amides is 1. The number of anilines is 1. The van der Waals surface area contributed by atoms with Crippen LogP contribution in [0.2, 0.25) is 0 Å². The van der Waals surface area contributed by atoms with Gasteiger partial charge in [-0.25, -0.2) is 0 Å². The van der Waals surface area contributed by atoms with Crippen molar-refractivity contribution in [3.63, 3.8) is 0 Å². The van der Waals surface area contributed by atoms with Crippen molar-refractivity contribution in [3.8, 4) is 0 Å². The van der Waals surface area contributed by atoms with E-state index < -0.39 is 0 Å². The Kier molecular flexibility index (Phi) is 3.05. The molecule has 0 radical (unpaired) electrons. The molecule has 4 nitrogen and oxygen atoms in total. The Morgan fingerprint density at radius 1 is 0.950 bits per heavy atom. The number of carbonyl (C=O) groups is 1. The van der Waals surface area contributed by atoms with Crippen LogP contribution in [-0.4, -0.2) is 11.6 Å². The molecule has 20 heavy (non-hydrogen) atoms. The SMILES string of the molecule is N/C=C1/C(=O)N(c2ccccc2)N=C1c1ccccc1. The van der Waals surface area contributed by atoms with Crippen molar-refractivity contribution < 1.29 is 4.79 Å². The van der Waals surface area contributed by atoms with E-state index in [0.29, 0.717) is 11.3 Å². The molecule has 0 saturated carbocycles. The lowest BCUT2D eigenvalue weighted by Gasteiger charge is -2.10. The van der Waals surface area contributed by atoms with E-state index in [1.807, 2.05) is 60.7 Å². The molecule has 0 atom stereocenters. The summed E-state index contributed by atoms with van der Waals surface area (Å²) in [5, 5.41) is 5.79. The van der Waals surface area contributed by atoms with Crippen molar-refractivity contribution >= 4 is 17.3 Å². The second kappa shape index (κ2) is 5.01. The number of para-hydroxylation sites is 1. The Balaban J connectivity index is 2.08. The number of hydrogen-bond donors (Lipinski definition) is 1. The number of rotatable bonds is 2. The van der Waals surface area contributed by atoms with Gasteiger partial charge in [-0.3, -0.25) is 4.79 Å². The monoisotopic (exact) mass is 263 g/mol. The third-order valence-corrected chi connectivity index (χ3v) is 3.09. The van der Waals surface area contributed by atoms with Crippen LogP contribution in [0.1, 0.15) is 5.56 Å². The Bertz CT molecular complexity index is 690. The minimum atomic E-state index is -0.211. The molecule has 0 bridgehead atoms. The number of nitrogens with two attached hydrogens (primary N) is 1. The van der Waals surface area contributed by atoms with Crippen molar-refractivity contribution in [1.29, 1.82) is 0 Å². The molecule has 2 aromatic carbocycles. The van der Waals surface area contributed by atoms with Gasteiger partial charge < -0.3 is 5.73 Å². The van der Waals surface area contributed by atoms with Crippen molar-refractivity contribution in [3.05, 3.63) is 78.0 Å². The zero-order chi connectivity index (χ0) is 13.9. The van der Waals surface area contributed by atoms with Crippen LogP contribution in [0.3, 0.4) is 0 Å². The van der Waals surface area contributed by atoms with E-state index in [-0.39, 0.29) is 5.91 Å². The lowest BCUT2D eigenvalue weighted by atomic mass is 10.0. The van der Waals surface area contributed by atoms with Crippen molar-refractivity contribution in [2.75, 3.05) is 5.01 Å². The zero-order valence-corrected chi connectivity index (χ0v) is 10.7. The van der Waals surface area contributed by atoms with Crippen LogP contribution in [0, 0.1) is 0 Å². The van der Waals surface area contributed by atoms with E-state index in [1.165, 1.54) is 11.2 Å². The summed E-state index contributed by atoms with van der Waals surface area (Å²) in [4.78, 5) is 12.4. The lowest BCUT2D eigenvalue weighted by Crippen LogP contribution is -2.21. The topological polar surface area (TPSA) is 58.7 Å². The predicted octanol–water partition coefficient (Wildman–Crippen LogP) is 2.28. The number of hydrazone groups is 1. The van der Waals surface area contributed by atoms with Gasteiger partial charge in [0, 0.05) is 11.8 Å². The summed E-state index contributed by atoms with van der Waals surface area (Å²) in [7, 11) is 0. The largest absolute Gasteiger partial charge is 0.404 e. The van der Waals surface area contributed by atoms with Crippen molar-refractivity contribution in [1.82, 2.24) is 0 Å². The molecule has 0 spiro atoms. The molecule has 0 aromatic heterocycles. The average Bonchev–Trinajstić information content (AvgIpc) is 2.86. The molecule has 0 aliphatic carbocycles. The first-order valence-corrected chi connectivity index (χ1v) is 6.27. The smallest absolute Gasteiger partial charge is 0.282 e. The van der Waals surface area contributed by atoms with Gasteiger partial charge in [0.15, 0.2) is 0 Å². The summed E-state index contributed by atoms with van der Waals surface area (Å²) < 4.78 is 0. The minimum absolute atomic E-state index is 0.211. The van der Waals surface area contributed by atoms with Gasteiger partial charge in [-0.15, -0.1) is 0 Å². The van der Waals surface area contributed by atoms with E-state index in [4.69, 9.17) is 5.73 Å². The molecule has 1 amide bonds. The van der Waals surface area contributed by atoms with Crippen molar-refractivity contribution in [2.45, 2.75) is 0 Å². The zero-order valence-electron chi connectivity index (χ0n) is 10.7. The summed E-state index contributed by atoms with van der Waals surface area (Å²) in [6.07, 6.45) is 1.32. The quantitative estimate of drug-likeness (QED) is 0.845. The Hall–Kier alpha value is -2.88. The van der Waals surface area contributed by atoms with Gasteiger partial charge in [-0.2, -0.15) is 10.1 Å². The van der Waals surface area contributed by atoms with E-state index in [9.17, 15) is 4.79 Å². The maximum Gasteiger partial charge on any atom is 0.282 e. The molecule has 1 aliphatic rings. The molecule has 2 N–H and O–H groups in total. The van der Waals surface area contributed by atoms with Gasteiger partial charge in [0.1, 0.15) is 5.71 Å². The fraction of sp³-hybridized carbons (Fsp3) is 0. The van der Waals surface area contributed by atoms with Gasteiger partial charge in [-0.05, 0) is 12.1 Å². The van der Waals surface area contributed by atoms with Crippen LogP contribution >= 0.6 is 0 Å². The molecule has 4 heteroatoms. The molecule has 1 aliphatic heterocycles. The first-order valence-electron chi connectivity index (χ1n) is 6.27. The van der Waals surface area contributed by atoms with Gasteiger partial charge >= 0.3 is 0 Å². The number of benzene rings is 2. The van der Waals surface area contributed by atoms with Crippen molar-refractivity contribution in [2.24, 2.45) is 10.8 Å². The highest BCUT2D eigenvalue weighted by Gasteiger charge is 2.31. The van der Waals surface area contributed by atoms with Crippen LogP contribution in [-0.2, 0) is 4.79 Å². The summed E-state index contributed by atoms with van der Waals surface area (Å²) >= 11 is 0. The van der Waals surface area contributed by atoms with Crippen LogP contribution in [0.15, 0.2) is 77.5 Å². The molecule has 0 unspecified atom stereocenters. The molecule has 0 saturated heterocycles. The average molecular weight is 263 g/mol. The highest BCUT2D eigenvalue weighted by molar-refractivity contribution is 6.35. The number of hydrogen-bond acceptors (Lipinski definition) is 3. The van der Waals surface area contributed by atoms with E-state index >= 15 is 0 Å². The molecule has 3 rings (SSSR count). The molecular formula is C16H13N3O. The normalized spacial score (nSPS) is 16.6. The van der Waals surface area contributed by atoms with E-state index in [2.05, 4.69) is 5.10 Å². The fourth-order valence-electron chi connectivity index (χ4n) is 2.12. The highest BCUT2D eigenvalue weighted by Crippen LogP contribution is 2.25. The maximum atomic E-state index is 12.4. The third-order valence-electron chi connectivity index (χ3n) is 3.09. The van der Waals surface area contributed by atoms with Crippen LogP contribution < -0.4 is 10.7 Å². The summed E-state index contributed by atoms with van der Waals surface area (Å²) in [5.74, 6) is -0.211. The van der Waals surface area contributed by atoms with Gasteiger partial charge in [0.05, 0.1) is 11.3 Å². The van der Waals surface area contributed by atoms with Gasteiger partial charge in [0.2, 0.25) is 0 Å². The standard InChI is InChI=1S/C16H13N3O/c17-11-14-15(12-7-3-1-4-8-12)18-19(16(14)20)13-9-5-2-6-10-13/h1-11H,17H2/b14-11+. The Labute approximate surface area is 116 Å². The highest BCUT2D eigenvalue weighted by atomic mass is 16.2. The second-order valence-corrected chi connectivity index (χ2v) is 4.35. The first-order chi connectivity index (χ1) is 9.81. The second-order valence-electron chi connectivity index (χ2n) is 4.35. The minimum Gasteiger partial charge on any atom is -0.404 e. The summed E-state index contributed by atoms with van der Waals surface area (Å²) in [6, 6.07) is 18.8. The predicted molar refractivity (Wildman–Crippen MR) is 79.2 cm³/mol. The first kappa shape index (κ1) is 12.2. The Morgan fingerprint density at radius 3 is 2.15 bits per heavy atom. The molecule has 2 aromatic rings. The van der Waals surface area contributed by atoms with Crippen LogP contribution in [0.5, 0.6) is 0 Å². The lowest BCUT2D eigenvalue weighted by molar-refractivity contribution is -0.114. The molecular weight excluding hydrogens is 250 g/mol. The Morgan fingerprint density at radius 2 is 1.55 bits per heavy atom. The maximum absolute atomic E-state index is 12.4. The number of carbonyl (C=O) groups excluding carboxylic acids is 1. The van der Waals surface area contributed by atoms with Gasteiger partial charge in [-0.1, -0.05) is 48.5 Å². The van der Waals surface area contributed by atoms with E-state index in [1.54, 1.807) is 0 Å². The molecule has 1 heterocycles. The van der Waals surface area contributed by atoms with Gasteiger partial charge in [0.25, 0.3) is 5.91 Å². The summed E-state index contributed by atoms with van der Waals surface area (Å²) in [5.41, 5.74) is 8.21. The fourth-order valence-corrected chi connectivity index (χ4v) is 2.12. The summed E-state index contributed by atoms with van der Waals surface area (Å²) in [6.45, 7) is 0. The third kappa shape index (κ3) is 1.97. The number of nitrogens with zero attached hydrogens (tertiary/aromatic N) is 2.